The van der Waals surface area contributed by atoms with Crippen LogP contribution in [0, 0.1) is 0 Å². The molecule has 1 amide bonds. The van der Waals surface area contributed by atoms with Gasteiger partial charge in [-0.2, -0.15) is 0 Å². The van der Waals surface area contributed by atoms with Gasteiger partial charge in [0.1, 0.15) is 0 Å². The minimum absolute atomic E-state index is 0.0747. The van der Waals surface area contributed by atoms with Crippen molar-refractivity contribution in [3.05, 3.63) is 41.4 Å². The molecule has 0 bridgehead atoms. The summed E-state index contributed by atoms with van der Waals surface area (Å²) in [5.74, 6) is 0.993. The van der Waals surface area contributed by atoms with E-state index in [9.17, 15) is 4.79 Å². The zero-order valence-corrected chi connectivity index (χ0v) is 13.9. The molecule has 0 atom stereocenters. The second-order valence-corrected chi connectivity index (χ2v) is 6.37. The normalized spacial score (nSPS) is 10.4. The summed E-state index contributed by atoms with van der Waals surface area (Å²) >= 11 is 7.56. The molecule has 0 unspecified atom stereocenters. The van der Waals surface area contributed by atoms with Crippen molar-refractivity contribution in [1.82, 2.24) is 5.32 Å². The summed E-state index contributed by atoms with van der Waals surface area (Å²) < 4.78 is 5.31. The Hall–Kier alpha value is -0.970. The fourth-order valence-electron chi connectivity index (χ4n) is 1.55. The Morgan fingerprint density at radius 1 is 1.38 bits per heavy atom. The highest BCUT2D eigenvalue weighted by Gasteiger charge is 2.01. The Labute approximate surface area is 136 Å². The van der Waals surface area contributed by atoms with Gasteiger partial charge in [-0.25, -0.2) is 0 Å². The molecule has 1 aromatic carbocycles. The van der Waals surface area contributed by atoms with Gasteiger partial charge < -0.3 is 10.1 Å². The number of benzene rings is 1. The van der Waals surface area contributed by atoms with Crippen molar-refractivity contribution in [2.45, 2.75) is 24.7 Å². The molecular weight excluding hydrogens is 306 g/mol. The molecule has 116 valence electrons. The van der Waals surface area contributed by atoms with E-state index in [0.29, 0.717) is 26.2 Å². The van der Waals surface area contributed by atoms with Crippen LogP contribution in [0.5, 0.6) is 0 Å². The Kier molecular flexibility index (Phi) is 9.22. The number of amides is 1. The first-order chi connectivity index (χ1) is 10.1. The second kappa shape index (κ2) is 10.7. The van der Waals surface area contributed by atoms with Crippen molar-refractivity contribution in [3.8, 4) is 0 Å². The van der Waals surface area contributed by atoms with Crippen LogP contribution in [0.3, 0.4) is 0 Å². The van der Waals surface area contributed by atoms with E-state index >= 15 is 0 Å². The smallest absolute Gasteiger partial charge is 0.220 e. The van der Waals surface area contributed by atoms with Crippen molar-refractivity contribution in [3.63, 3.8) is 0 Å². The fourth-order valence-corrected chi connectivity index (χ4v) is 2.53. The first-order valence-electron chi connectivity index (χ1n) is 6.95. The number of hydrogen-bond acceptors (Lipinski definition) is 3. The highest BCUT2D eigenvalue weighted by atomic mass is 35.5. The predicted octanol–water partition coefficient (Wildman–Crippen LogP) is 3.92. The third-order valence-electron chi connectivity index (χ3n) is 2.55. The maximum absolute atomic E-state index is 11.6. The Balaban J connectivity index is 2.00. The van der Waals surface area contributed by atoms with E-state index in [2.05, 4.69) is 11.9 Å². The van der Waals surface area contributed by atoms with Gasteiger partial charge in [-0.3, -0.25) is 4.79 Å². The van der Waals surface area contributed by atoms with Crippen LogP contribution in [-0.2, 0) is 9.53 Å². The minimum atomic E-state index is 0.0747. The van der Waals surface area contributed by atoms with Gasteiger partial charge in [-0.15, -0.1) is 11.8 Å². The maximum Gasteiger partial charge on any atom is 0.220 e. The summed E-state index contributed by atoms with van der Waals surface area (Å²) in [4.78, 5) is 12.8. The van der Waals surface area contributed by atoms with Gasteiger partial charge in [0.25, 0.3) is 0 Å². The number of carbonyl (C=O) groups excluding carboxylic acids is 1. The van der Waals surface area contributed by atoms with Gasteiger partial charge >= 0.3 is 0 Å². The van der Waals surface area contributed by atoms with Gasteiger partial charge in [-0.05, 0) is 43.4 Å². The molecule has 5 heteroatoms. The molecule has 3 nitrogen and oxygen atoms in total. The maximum atomic E-state index is 11.6. The van der Waals surface area contributed by atoms with E-state index < -0.39 is 0 Å². The first kappa shape index (κ1) is 18.1. The lowest BCUT2D eigenvalue weighted by atomic mass is 10.3. The number of carbonyl (C=O) groups is 1. The van der Waals surface area contributed by atoms with E-state index in [4.69, 9.17) is 16.3 Å². The molecule has 0 aliphatic carbocycles. The summed E-state index contributed by atoms with van der Waals surface area (Å²) in [5.41, 5.74) is 0.987. The van der Waals surface area contributed by atoms with Crippen LogP contribution < -0.4 is 5.32 Å². The van der Waals surface area contributed by atoms with Gasteiger partial charge in [0.05, 0.1) is 13.2 Å². The summed E-state index contributed by atoms with van der Waals surface area (Å²) in [6.07, 6.45) is 1.40. The zero-order chi connectivity index (χ0) is 15.5. The first-order valence-corrected chi connectivity index (χ1v) is 8.31. The number of hydrogen-bond donors (Lipinski definition) is 1. The third-order valence-corrected chi connectivity index (χ3v) is 3.90. The third kappa shape index (κ3) is 9.56. The molecule has 0 heterocycles. The molecule has 0 aliphatic rings. The summed E-state index contributed by atoms with van der Waals surface area (Å²) in [7, 11) is 0. The predicted molar refractivity (Wildman–Crippen MR) is 90.1 cm³/mol. The summed E-state index contributed by atoms with van der Waals surface area (Å²) in [5, 5.41) is 3.59. The van der Waals surface area contributed by atoms with Gasteiger partial charge in [0.15, 0.2) is 0 Å². The molecule has 0 aliphatic heterocycles. The lowest BCUT2D eigenvalue weighted by Crippen LogP contribution is -2.27. The van der Waals surface area contributed by atoms with Crippen LogP contribution in [-0.4, -0.2) is 31.4 Å². The molecule has 0 saturated heterocycles. The zero-order valence-electron chi connectivity index (χ0n) is 12.4. The van der Waals surface area contributed by atoms with Crippen LogP contribution >= 0.6 is 23.4 Å². The Bertz CT molecular complexity index is 448. The molecule has 1 N–H and O–H groups in total. The van der Waals surface area contributed by atoms with Crippen molar-refractivity contribution in [2.75, 3.05) is 25.5 Å². The fraction of sp³-hybridized carbons (Fsp3) is 0.438. The molecule has 0 radical (unpaired) electrons. The number of halogens is 1. The average molecular weight is 328 g/mol. The van der Waals surface area contributed by atoms with Gasteiger partial charge in [-0.1, -0.05) is 23.8 Å². The SMILES string of the molecule is C=C(C)COCCNC(=O)CCCSc1ccc(Cl)cc1. The van der Waals surface area contributed by atoms with Gasteiger partial charge in [0, 0.05) is 22.9 Å². The molecule has 0 spiro atoms. The Morgan fingerprint density at radius 2 is 2.10 bits per heavy atom. The molecule has 0 saturated carbocycles. The Morgan fingerprint density at radius 3 is 2.76 bits per heavy atom. The lowest BCUT2D eigenvalue weighted by Gasteiger charge is -2.06. The number of thioether (sulfide) groups is 1. The molecule has 1 rings (SSSR count). The number of rotatable bonds is 10. The van der Waals surface area contributed by atoms with E-state index in [0.717, 1.165) is 22.8 Å². The number of ether oxygens (including phenoxy) is 1. The number of nitrogens with one attached hydrogen (secondary N) is 1. The lowest BCUT2D eigenvalue weighted by molar-refractivity contribution is -0.121. The highest BCUT2D eigenvalue weighted by molar-refractivity contribution is 7.99. The van der Waals surface area contributed by atoms with Crippen LogP contribution in [0.2, 0.25) is 5.02 Å². The largest absolute Gasteiger partial charge is 0.375 e. The molecule has 21 heavy (non-hydrogen) atoms. The second-order valence-electron chi connectivity index (χ2n) is 4.77. The van der Waals surface area contributed by atoms with Crippen LogP contribution in [0.1, 0.15) is 19.8 Å². The summed E-state index contributed by atoms with van der Waals surface area (Å²) in [6, 6.07) is 7.74. The quantitative estimate of drug-likeness (QED) is 0.402. The van der Waals surface area contributed by atoms with E-state index in [1.165, 1.54) is 4.90 Å². The van der Waals surface area contributed by atoms with E-state index in [1.807, 2.05) is 31.2 Å². The topological polar surface area (TPSA) is 38.3 Å². The average Bonchev–Trinajstić information content (AvgIpc) is 2.45. The van der Waals surface area contributed by atoms with Crippen LogP contribution in [0.25, 0.3) is 0 Å². The summed E-state index contributed by atoms with van der Waals surface area (Å²) in [6.45, 7) is 7.29. The van der Waals surface area contributed by atoms with Crippen molar-refractivity contribution in [1.29, 1.82) is 0 Å². The van der Waals surface area contributed by atoms with E-state index in [1.54, 1.807) is 11.8 Å². The van der Waals surface area contributed by atoms with Crippen LogP contribution in [0.15, 0.2) is 41.3 Å². The highest BCUT2D eigenvalue weighted by Crippen LogP contribution is 2.21. The van der Waals surface area contributed by atoms with E-state index in [-0.39, 0.29) is 5.91 Å². The van der Waals surface area contributed by atoms with Gasteiger partial charge in [0.2, 0.25) is 5.91 Å². The molecule has 1 aromatic rings. The van der Waals surface area contributed by atoms with Crippen molar-refractivity contribution in [2.24, 2.45) is 0 Å². The van der Waals surface area contributed by atoms with Crippen LogP contribution in [0.4, 0.5) is 0 Å². The molecule has 0 aromatic heterocycles. The molecular formula is C16H22ClNO2S. The standard InChI is InChI=1S/C16H22ClNO2S/c1-13(2)12-20-10-9-18-16(19)4-3-11-21-15-7-5-14(17)6-8-15/h5-8H,1,3-4,9-12H2,2H3,(H,18,19). The minimum Gasteiger partial charge on any atom is -0.375 e. The molecule has 0 fully saturated rings. The van der Waals surface area contributed by atoms with Crippen molar-refractivity contribution < 1.29 is 9.53 Å². The monoisotopic (exact) mass is 327 g/mol. The van der Waals surface area contributed by atoms with Crippen molar-refractivity contribution >= 4 is 29.3 Å².